The lowest BCUT2D eigenvalue weighted by Gasteiger charge is -2.15. The lowest BCUT2D eigenvalue weighted by atomic mass is 9.93. The predicted molar refractivity (Wildman–Crippen MR) is 92.9 cm³/mol. The summed E-state index contributed by atoms with van der Waals surface area (Å²) in [5.41, 5.74) is 2.47. The number of aliphatic hydroxyl groups excluding tert-OH is 1. The van der Waals surface area contributed by atoms with Gasteiger partial charge in [-0.3, -0.25) is 0 Å². The van der Waals surface area contributed by atoms with Crippen molar-refractivity contribution in [1.29, 1.82) is 0 Å². The molecule has 0 aliphatic carbocycles. The number of nitrogens with zero attached hydrogens (tertiary/aromatic N) is 1. The van der Waals surface area contributed by atoms with Crippen molar-refractivity contribution in [1.82, 2.24) is 4.98 Å². The quantitative estimate of drug-likeness (QED) is 0.837. The molecule has 1 aromatic heterocycles. The van der Waals surface area contributed by atoms with Gasteiger partial charge >= 0.3 is 0 Å². The largest absolute Gasteiger partial charge is 0.396 e. The zero-order valence-electron chi connectivity index (χ0n) is 12.8. The smallest absolute Gasteiger partial charge is 0.0932 e. The molecule has 0 saturated carbocycles. The normalized spacial score (nSPS) is 13.4. The van der Waals surface area contributed by atoms with Gasteiger partial charge < -0.3 is 5.11 Å². The lowest BCUT2D eigenvalue weighted by Crippen LogP contribution is -2.15. The molecular formula is C17H22BrNOS. The Hall–Kier alpha value is -0.710. The van der Waals surface area contributed by atoms with Gasteiger partial charge in [0.05, 0.1) is 10.7 Å². The monoisotopic (exact) mass is 367 g/mol. The highest BCUT2D eigenvalue weighted by molar-refractivity contribution is 9.10. The van der Waals surface area contributed by atoms with Crippen molar-refractivity contribution in [3.8, 4) is 0 Å². The highest BCUT2D eigenvalue weighted by Crippen LogP contribution is 2.26. The van der Waals surface area contributed by atoms with Crippen molar-refractivity contribution < 1.29 is 5.11 Å². The van der Waals surface area contributed by atoms with E-state index in [1.165, 1.54) is 5.56 Å². The number of aromatic nitrogens is 1. The summed E-state index contributed by atoms with van der Waals surface area (Å²) in [5.74, 6) is 0.211. The van der Waals surface area contributed by atoms with E-state index in [4.69, 9.17) is 4.98 Å². The zero-order chi connectivity index (χ0) is 15.5. The first kappa shape index (κ1) is 16.7. The van der Waals surface area contributed by atoms with Crippen LogP contribution in [-0.4, -0.2) is 16.7 Å². The van der Waals surface area contributed by atoms with Gasteiger partial charge in [0.25, 0.3) is 0 Å². The molecule has 2 aromatic rings. The fourth-order valence-electron chi connectivity index (χ4n) is 2.17. The second-order valence-corrected chi connectivity index (χ2v) is 8.22. The van der Waals surface area contributed by atoms with E-state index in [9.17, 15) is 5.11 Å². The molecule has 0 bridgehead atoms. The number of benzene rings is 1. The maximum absolute atomic E-state index is 9.67. The van der Waals surface area contributed by atoms with Crippen molar-refractivity contribution >= 4 is 27.3 Å². The Morgan fingerprint density at radius 2 is 1.95 bits per heavy atom. The Bertz CT molecular complexity index is 588. The summed E-state index contributed by atoms with van der Waals surface area (Å²) in [4.78, 5) is 4.73. The van der Waals surface area contributed by atoms with Crippen molar-refractivity contribution in [2.24, 2.45) is 5.92 Å². The molecule has 21 heavy (non-hydrogen) atoms. The Labute approximate surface area is 139 Å². The number of aliphatic hydroxyl groups is 1. The van der Waals surface area contributed by atoms with E-state index in [2.05, 4.69) is 48.1 Å². The van der Waals surface area contributed by atoms with E-state index >= 15 is 0 Å². The number of halogens is 1. The van der Waals surface area contributed by atoms with Crippen LogP contribution in [0.1, 0.15) is 37.0 Å². The lowest BCUT2D eigenvalue weighted by molar-refractivity contribution is 0.224. The van der Waals surface area contributed by atoms with Gasteiger partial charge in [0.15, 0.2) is 0 Å². The molecular weight excluding hydrogens is 346 g/mol. The van der Waals surface area contributed by atoms with Crippen LogP contribution >= 0.6 is 27.3 Å². The average molecular weight is 368 g/mol. The molecule has 4 heteroatoms. The van der Waals surface area contributed by atoms with Crippen molar-refractivity contribution in [3.05, 3.63) is 50.4 Å². The van der Waals surface area contributed by atoms with Crippen molar-refractivity contribution in [3.63, 3.8) is 0 Å². The Balaban J connectivity index is 2.06. The van der Waals surface area contributed by atoms with E-state index in [0.29, 0.717) is 0 Å². The molecule has 0 aliphatic rings. The minimum Gasteiger partial charge on any atom is -0.396 e. The van der Waals surface area contributed by atoms with E-state index in [0.717, 1.165) is 28.0 Å². The molecule has 2 rings (SSSR count). The third-order valence-electron chi connectivity index (χ3n) is 3.51. The highest BCUT2D eigenvalue weighted by Gasteiger charge is 2.19. The van der Waals surface area contributed by atoms with Crippen LogP contribution in [0, 0.1) is 5.92 Å². The van der Waals surface area contributed by atoms with Gasteiger partial charge in [0, 0.05) is 28.3 Å². The van der Waals surface area contributed by atoms with Gasteiger partial charge in [-0.15, -0.1) is 11.3 Å². The molecule has 1 unspecified atom stereocenters. The standard InChI is InChI=1S/C17H22BrNOS/c1-17(2,3)15-11-21-16(19-15)9-12(10-20)8-13-6-4-5-7-14(13)18/h4-7,11-12,20H,8-10H2,1-3H3. The molecule has 114 valence electrons. The second-order valence-electron chi connectivity index (χ2n) is 6.42. The molecule has 1 heterocycles. The fraction of sp³-hybridized carbons (Fsp3) is 0.471. The Morgan fingerprint density at radius 1 is 1.24 bits per heavy atom. The van der Waals surface area contributed by atoms with E-state index in [-0.39, 0.29) is 17.9 Å². The first-order valence-corrected chi connectivity index (χ1v) is 8.86. The van der Waals surface area contributed by atoms with Gasteiger partial charge in [-0.25, -0.2) is 4.98 Å². The molecule has 0 spiro atoms. The topological polar surface area (TPSA) is 33.1 Å². The van der Waals surface area contributed by atoms with Crippen LogP contribution in [0.2, 0.25) is 0 Å². The van der Waals surface area contributed by atoms with Gasteiger partial charge in [0.1, 0.15) is 0 Å². The van der Waals surface area contributed by atoms with Gasteiger partial charge in [-0.1, -0.05) is 54.9 Å². The van der Waals surface area contributed by atoms with Gasteiger partial charge in [-0.2, -0.15) is 0 Å². The summed E-state index contributed by atoms with van der Waals surface area (Å²) < 4.78 is 1.11. The number of rotatable bonds is 5. The van der Waals surface area contributed by atoms with Crippen molar-refractivity contribution in [2.45, 2.75) is 39.0 Å². The van der Waals surface area contributed by atoms with Crippen LogP contribution < -0.4 is 0 Å². The van der Waals surface area contributed by atoms with Gasteiger partial charge in [-0.05, 0) is 24.0 Å². The molecule has 1 aromatic carbocycles. The molecule has 1 atom stereocenters. The summed E-state index contributed by atoms with van der Waals surface area (Å²) in [6.45, 7) is 6.72. The minimum atomic E-state index is 0.0892. The van der Waals surface area contributed by atoms with Crippen LogP contribution in [-0.2, 0) is 18.3 Å². The molecule has 1 N–H and O–H groups in total. The SMILES string of the molecule is CC(C)(C)c1csc(CC(CO)Cc2ccccc2Br)n1. The number of hydrogen-bond donors (Lipinski definition) is 1. The minimum absolute atomic E-state index is 0.0892. The molecule has 0 saturated heterocycles. The van der Waals surface area contributed by atoms with E-state index in [1.54, 1.807) is 11.3 Å². The zero-order valence-corrected chi connectivity index (χ0v) is 15.2. The summed E-state index contributed by atoms with van der Waals surface area (Å²) in [5, 5.41) is 12.9. The van der Waals surface area contributed by atoms with Gasteiger partial charge in [0.2, 0.25) is 0 Å². The number of thiazole rings is 1. The molecule has 0 aliphatic heterocycles. The third kappa shape index (κ3) is 4.63. The molecule has 0 fully saturated rings. The van der Waals surface area contributed by atoms with Crippen LogP contribution in [0.4, 0.5) is 0 Å². The number of hydrogen-bond acceptors (Lipinski definition) is 3. The predicted octanol–water partition coefficient (Wildman–Crippen LogP) is 4.60. The molecule has 2 nitrogen and oxygen atoms in total. The second kappa shape index (κ2) is 7.03. The molecule has 0 radical (unpaired) electrons. The summed E-state index contributed by atoms with van der Waals surface area (Å²) in [6.07, 6.45) is 1.70. The summed E-state index contributed by atoms with van der Waals surface area (Å²) in [6, 6.07) is 8.20. The van der Waals surface area contributed by atoms with E-state index in [1.807, 2.05) is 18.2 Å². The van der Waals surface area contributed by atoms with Crippen LogP contribution in [0.5, 0.6) is 0 Å². The molecule has 0 amide bonds. The average Bonchev–Trinajstić information content (AvgIpc) is 2.89. The van der Waals surface area contributed by atoms with Crippen molar-refractivity contribution in [2.75, 3.05) is 6.61 Å². The van der Waals surface area contributed by atoms with Crippen LogP contribution in [0.15, 0.2) is 34.1 Å². The Kier molecular flexibility index (Phi) is 5.58. The Morgan fingerprint density at radius 3 is 2.52 bits per heavy atom. The summed E-state index contributed by atoms with van der Waals surface area (Å²) in [7, 11) is 0. The van der Waals surface area contributed by atoms with E-state index < -0.39 is 0 Å². The first-order chi connectivity index (χ1) is 9.90. The highest BCUT2D eigenvalue weighted by atomic mass is 79.9. The third-order valence-corrected chi connectivity index (χ3v) is 5.15. The fourth-order valence-corrected chi connectivity index (χ4v) is 3.76. The van der Waals surface area contributed by atoms with Crippen LogP contribution in [0.3, 0.4) is 0 Å². The maximum Gasteiger partial charge on any atom is 0.0932 e. The first-order valence-electron chi connectivity index (χ1n) is 7.19. The van der Waals surface area contributed by atoms with Crippen LogP contribution in [0.25, 0.3) is 0 Å². The summed E-state index contributed by atoms with van der Waals surface area (Å²) >= 11 is 5.28. The maximum atomic E-state index is 9.67.